The van der Waals surface area contributed by atoms with Gasteiger partial charge in [-0.1, -0.05) is 0 Å². The van der Waals surface area contributed by atoms with Gasteiger partial charge in [0.2, 0.25) is 0 Å². The number of amides is 1. The molecular formula is C11H18N2O2. The average molecular weight is 210 g/mol. The lowest BCUT2D eigenvalue weighted by Gasteiger charge is -2.26. The minimum Gasteiger partial charge on any atom is -0.395 e. The Labute approximate surface area is 90.1 Å². The highest BCUT2D eigenvalue weighted by molar-refractivity contribution is 5.92. The van der Waals surface area contributed by atoms with E-state index in [0.29, 0.717) is 12.2 Å². The molecule has 0 radical (unpaired) electrons. The highest BCUT2D eigenvalue weighted by Crippen LogP contribution is 2.08. The third kappa shape index (κ3) is 2.59. The quantitative estimate of drug-likeness (QED) is 0.801. The van der Waals surface area contributed by atoms with Crippen LogP contribution in [0.4, 0.5) is 0 Å². The number of rotatable bonds is 4. The van der Waals surface area contributed by atoms with Gasteiger partial charge in [-0.25, -0.2) is 0 Å². The first-order valence-electron chi connectivity index (χ1n) is 5.11. The van der Waals surface area contributed by atoms with Crippen LogP contribution in [-0.2, 0) is 7.05 Å². The van der Waals surface area contributed by atoms with E-state index in [2.05, 4.69) is 0 Å². The summed E-state index contributed by atoms with van der Waals surface area (Å²) in [5.41, 5.74) is 0.650. The van der Waals surface area contributed by atoms with Crippen molar-refractivity contribution in [2.45, 2.75) is 19.9 Å². The van der Waals surface area contributed by atoms with Crippen molar-refractivity contribution in [3.05, 3.63) is 24.0 Å². The van der Waals surface area contributed by atoms with Crippen LogP contribution in [0.3, 0.4) is 0 Å². The van der Waals surface area contributed by atoms with E-state index in [4.69, 9.17) is 5.11 Å². The van der Waals surface area contributed by atoms with Crippen molar-refractivity contribution in [1.82, 2.24) is 9.47 Å². The fraction of sp³-hybridized carbons (Fsp3) is 0.545. The van der Waals surface area contributed by atoms with Gasteiger partial charge in [0.1, 0.15) is 5.69 Å². The molecule has 0 atom stereocenters. The second kappa shape index (κ2) is 4.98. The molecule has 0 aliphatic heterocycles. The third-order valence-corrected chi connectivity index (χ3v) is 2.39. The Morgan fingerprint density at radius 3 is 2.67 bits per heavy atom. The molecule has 1 amide bonds. The van der Waals surface area contributed by atoms with Gasteiger partial charge in [-0.2, -0.15) is 0 Å². The summed E-state index contributed by atoms with van der Waals surface area (Å²) in [4.78, 5) is 13.7. The van der Waals surface area contributed by atoms with Gasteiger partial charge in [0, 0.05) is 25.8 Å². The summed E-state index contributed by atoms with van der Waals surface area (Å²) in [6, 6.07) is 3.72. The Bertz CT molecular complexity index is 331. The van der Waals surface area contributed by atoms with Crippen molar-refractivity contribution >= 4 is 5.91 Å². The topological polar surface area (TPSA) is 45.5 Å². The molecule has 1 aromatic rings. The zero-order chi connectivity index (χ0) is 11.4. The molecule has 1 N–H and O–H groups in total. The molecule has 4 heteroatoms. The van der Waals surface area contributed by atoms with Crippen molar-refractivity contribution in [2.75, 3.05) is 13.2 Å². The number of aliphatic hydroxyl groups excluding tert-OH is 1. The predicted molar refractivity (Wildman–Crippen MR) is 58.7 cm³/mol. The van der Waals surface area contributed by atoms with E-state index in [0.717, 1.165) is 0 Å². The summed E-state index contributed by atoms with van der Waals surface area (Å²) in [6.07, 6.45) is 1.84. The number of hydrogen-bond acceptors (Lipinski definition) is 2. The van der Waals surface area contributed by atoms with Gasteiger partial charge in [0.25, 0.3) is 5.91 Å². The molecule has 0 unspecified atom stereocenters. The van der Waals surface area contributed by atoms with Crippen LogP contribution < -0.4 is 0 Å². The Kier molecular flexibility index (Phi) is 3.91. The van der Waals surface area contributed by atoms with Gasteiger partial charge in [0.15, 0.2) is 0 Å². The Balaban J connectivity index is 2.86. The number of carbonyl (C=O) groups excluding carboxylic acids is 1. The van der Waals surface area contributed by atoms with E-state index < -0.39 is 0 Å². The van der Waals surface area contributed by atoms with Crippen LogP contribution in [0.5, 0.6) is 0 Å². The molecule has 0 fully saturated rings. The van der Waals surface area contributed by atoms with E-state index in [1.54, 1.807) is 15.5 Å². The molecule has 0 aromatic carbocycles. The summed E-state index contributed by atoms with van der Waals surface area (Å²) in [6.45, 7) is 4.25. The fourth-order valence-electron chi connectivity index (χ4n) is 1.53. The number of carbonyl (C=O) groups is 1. The van der Waals surface area contributed by atoms with Gasteiger partial charge in [-0.05, 0) is 26.0 Å². The second-order valence-electron chi connectivity index (χ2n) is 3.82. The maximum Gasteiger partial charge on any atom is 0.270 e. The molecule has 0 bridgehead atoms. The highest BCUT2D eigenvalue weighted by Gasteiger charge is 2.19. The van der Waals surface area contributed by atoms with Gasteiger partial charge < -0.3 is 14.6 Å². The van der Waals surface area contributed by atoms with Crippen LogP contribution in [0.15, 0.2) is 18.3 Å². The minimum absolute atomic E-state index is 0.00561. The molecule has 1 rings (SSSR count). The lowest BCUT2D eigenvalue weighted by atomic mass is 10.2. The summed E-state index contributed by atoms with van der Waals surface area (Å²) >= 11 is 0. The first-order valence-corrected chi connectivity index (χ1v) is 5.11. The second-order valence-corrected chi connectivity index (χ2v) is 3.82. The monoisotopic (exact) mass is 210 g/mol. The summed E-state index contributed by atoms with van der Waals surface area (Å²) in [7, 11) is 1.84. The van der Waals surface area contributed by atoms with E-state index in [1.807, 2.05) is 33.2 Å². The number of hydrogen-bond donors (Lipinski definition) is 1. The zero-order valence-electron chi connectivity index (χ0n) is 9.47. The molecule has 1 heterocycles. The molecule has 4 nitrogen and oxygen atoms in total. The third-order valence-electron chi connectivity index (χ3n) is 2.39. The Hall–Kier alpha value is -1.29. The number of nitrogens with zero attached hydrogens (tertiary/aromatic N) is 2. The van der Waals surface area contributed by atoms with Crippen molar-refractivity contribution in [3.8, 4) is 0 Å². The lowest BCUT2D eigenvalue weighted by Crippen LogP contribution is -2.39. The first-order chi connectivity index (χ1) is 7.07. The van der Waals surface area contributed by atoms with Crippen molar-refractivity contribution in [1.29, 1.82) is 0 Å². The van der Waals surface area contributed by atoms with E-state index in [-0.39, 0.29) is 18.6 Å². The summed E-state index contributed by atoms with van der Waals surface area (Å²) < 4.78 is 1.79. The van der Waals surface area contributed by atoms with Gasteiger partial charge in [-0.15, -0.1) is 0 Å². The molecule has 0 aliphatic rings. The zero-order valence-corrected chi connectivity index (χ0v) is 9.47. The van der Waals surface area contributed by atoms with Crippen LogP contribution in [0.1, 0.15) is 24.3 Å². The normalized spacial score (nSPS) is 10.7. The Morgan fingerprint density at radius 2 is 2.27 bits per heavy atom. The smallest absolute Gasteiger partial charge is 0.270 e. The lowest BCUT2D eigenvalue weighted by molar-refractivity contribution is 0.0655. The molecule has 84 valence electrons. The molecule has 0 spiro atoms. The predicted octanol–water partition coefficient (Wildman–Crippen LogP) is 0.868. The maximum absolute atomic E-state index is 12.1. The van der Waals surface area contributed by atoms with Crippen LogP contribution in [0.25, 0.3) is 0 Å². The van der Waals surface area contributed by atoms with Crippen LogP contribution in [0.2, 0.25) is 0 Å². The summed E-state index contributed by atoms with van der Waals surface area (Å²) in [5.74, 6) is -0.0356. The van der Waals surface area contributed by atoms with Crippen molar-refractivity contribution in [3.63, 3.8) is 0 Å². The standard InChI is InChI=1S/C11H18N2O2/c1-9(2)13(7-8-14)11(15)10-5-4-6-12(10)3/h4-6,9,14H,7-8H2,1-3H3. The molecule has 0 aliphatic carbocycles. The molecule has 0 saturated carbocycles. The molecule has 1 aromatic heterocycles. The highest BCUT2D eigenvalue weighted by atomic mass is 16.3. The van der Waals surface area contributed by atoms with Crippen LogP contribution in [-0.4, -0.2) is 39.7 Å². The summed E-state index contributed by atoms with van der Waals surface area (Å²) in [5, 5.41) is 8.90. The largest absolute Gasteiger partial charge is 0.395 e. The van der Waals surface area contributed by atoms with Gasteiger partial charge in [0.05, 0.1) is 6.61 Å². The maximum atomic E-state index is 12.1. The number of aryl methyl sites for hydroxylation is 1. The minimum atomic E-state index is -0.0356. The van der Waals surface area contributed by atoms with Gasteiger partial charge >= 0.3 is 0 Å². The van der Waals surface area contributed by atoms with Crippen LogP contribution in [0, 0.1) is 0 Å². The van der Waals surface area contributed by atoms with Crippen molar-refractivity contribution < 1.29 is 9.90 Å². The first kappa shape index (κ1) is 11.8. The number of aromatic nitrogens is 1. The number of aliphatic hydroxyl groups is 1. The fourth-order valence-corrected chi connectivity index (χ4v) is 1.53. The van der Waals surface area contributed by atoms with Crippen molar-refractivity contribution in [2.24, 2.45) is 7.05 Å². The molecule has 15 heavy (non-hydrogen) atoms. The Morgan fingerprint density at radius 1 is 1.60 bits per heavy atom. The van der Waals surface area contributed by atoms with E-state index in [1.165, 1.54) is 0 Å². The van der Waals surface area contributed by atoms with E-state index >= 15 is 0 Å². The molecule has 0 saturated heterocycles. The SMILES string of the molecule is CC(C)N(CCO)C(=O)c1cccn1C. The molecular weight excluding hydrogens is 192 g/mol. The van der Waals surface area contributed by atoms with Gasteiger partial charge in [-0.3, -0.25) is 4.79 Å². The average Bonchev–Trinajstić information content (AvgIpc) is 2.59. The van der Waals surface area contributed by atoms with E-state index in [9.17, 15) is 4.79 Å². The van der Waals surface area contributed by atoms with Crippen LogP contribution >= 0.6 is 0 Å².